The number of hydrogen-bond donors (Lipinski definition) is 1. The number of nitrogens with one attached hydrogen (secondary N) is 1. The van der Waals surface area contributed by atoms with Gasteiger partial charge in [0.15, 0.2) is 0 Å². The molecule has 0 bridgehead atoms. The van der Waals surface area contributed by atoms with Crippen molar-refractivity contribution in [2.24, 2.45) is 5.41 Å². The first-order chi connectivity index (χ1) is 9.76. The smallest absolute Gasteiger partial charge is 0.00134 e. The standard InChI is InChI=1S/C13H26N2.C3H8.C2H6/c1-2-3-10-15-11-6-13(7-12-15)4-8-14-9-5-13;1-3-2;1-2/h14H,2-12H2,1H3;3H2,1-2H3;1-2H3. The van der Waals surface area contributed by atoms with Gasteiger partial charge in [-0.25, -0.2) is 0 Å². The van der Waals surface area contributed by atoms with Crippen molar-refractivity contribution in [3.63, 3.8) is 0 Å². The van der Waals surface area contributed by atoms with Gasteiger partial charge in [-0.1, -0.05) is 47.5 Å². The molecule has 0 aromatic carbocycles. The molecule has 2 heteroatoms. The van der Waals surface area contributed by atoms with Crippen LogP contribution in [-0.2, 0) is 0 Å². The van der Waals surface area contributed by atoms with Crippen molar-refractivity contribution < 1.29 is 0 Å². The van der Waals surface area contributed by atoms with Crippen LogP contribution in [0.2, 0.25) is 0 Å². The fraction of sp³-hybridized carbons (Fsp3) is 1.00. The number of likely N-dealkylation sites (tertiary alicyclic amines) is 1. The lowest BCUT2D eigenvalue weighted by molar-refractivity contribution is 0.0733. The second-order valence-corrected chi connectivity index (χ2v) is 6.15. The van der Waals surface area contributed by atoms with Crippen molar-refractivity contribution in [3.05, 3.63) is 0 Å². The van der Waals surface area contributed by atoms with E-state index in [4.69, 9.17) is 0 Å². The van der Waals surface area contributed by atoms with Gasteiger partial charge in [0.25, 0.3) is 0 Å². The van der Waals surface area contributed by atoms with E-state index in [1.54, 1.807) is 0 Å². The number of piperidine rings is 2. The molecule has 0 saturated carbocycles. The Morgan fingerprint density at radius 2 is 1.40 bits per heavy atom. The normalized spacial score (nSPS) is 21.4. The molecule has 0 aliphatic carbocycles. The highest BCUT2D eigenvalue weighted by molar-refractivity contribution is 4.89. The molecule has 20 heavy (non-hydrogen) atoms. The van der Waals surface area contributed by atoms with Gasteiger partial charge >= 0.3 is 0 Å². The van der Waals surface area contributed by atoms with Crippen LogP contribution >= 0.6 is 0 Å². The zero-order valence-electron chi connectivity index (χ0n) is 14.9. The van der Waals surface area contributed by atoms with E-state index in [2.05, 4.69) is 31.0 Å². The van der Waals surface area contributed by atoms with E-state index >= 15 is 0 Å². The zero-order valence-corrected chi connectivity index (χ0v) is 14.9. The van der Waals surface area contributed by atoms with Crippen LogP contribution < -0.4 is 5.32 Å². The van der Waals surface area contributed by atoms with Crippen molar-refractivity contribution >= 4 is 0 Å². The number of unbranched alkanes of at least 4 members (excludes halogenated alkanes) is 1. The molecule has 0 aromatic heterocycles. The second kappa shape index (κ2) is 12.6. The molecule has 2 rings (SSSR count). The van der Waals surface area contributed by atoms with Gasteiger partial charge in [0.2, 0.25) is 0 Å². The van der Waals surface area contributed by atoms with Gasteiger partial charge in [-0.2, -0.15) is 0 Å². The summed E-state index contributed by atoms with van der Waals surface area (Å²) in [4.78, 5) is 2.68. The Morgan fingerprint density at radius 3 is 1.85 bits per heavy atom. The van der Waals surface area contributed by atoms with Gasteiger partial charge in [0, 0.05) is 0 Å². The molecule has 0 radical (unpaired) electrons. The van der Waals surface area contributed by atoms with Crippen LogP contribution in [-0.4, -0.2) is 37.6 Å². The van der Waals surface area contributed by atoms with E-state index in [1.165, 1.54) is 77.7 Å². The van der Waals surface area contributed by atoms with Crippen LogP contribution in [0.25, 0.3) is 0 Å². The largest absolute Gasteiger partial charge is 0.317 e. The lowest BCUT2D eigenvalue weighted by Crippen LogP contribution is -2.45. The minimum atomic E-state index is 0.730. The molecule has 2 aliphatic heterocycles. The van der Waals surface area contributed by atoms with Crippen LogP contribution in [0.1, 0.15) is 79.6 Å². The quantitative estimate of drug-likeness (QED) is 0.808. The fourth-order valence-electron chi connectivity index (χ4n) is 3.09. The van der Waals surface area contributed by atoms with Crippen LogP contribution in [0.3, 0.4) is 0 Å². The summed E-state index contributed by atoms with van der Waals surface area (Å²) in [6.07, 6.45) is 9.74. The summed E-state index contributed by atoms with van der Waals surface area (Å²) in [5.41, 5.74) is 0.730. The average molecular weight is 285 g/mol. The second-order valence-electron chi connectivity index (χ2n) is 6.15. The summed E-state index contributed by atoms with van der Waals surface area (Å²) >= 11 is 0. The van der Waals surface area contributed by atoms with E-state index in [0.717, 1.165) is 5.41 Å². The molecule has 122 valence electrons. The molecule has 1 spiro atoms. The van der Waals surface area contributed by atoms with Gasteiger partial charge in [-0.15, -0.1) is 0 Å². The molecule has 2 aliphatic rings. The van der Waals surface area contributed by atoms with Crippen molar-refractivity contribution in [2.75, 3.05) is 32.7 Å². The monoisotopic (exact) mass is 284 g/mol. The summed E-state index contributed by atoms with van der Waals surface area (Å²) in [7, 11) is 0. The number of nitrogens with zero attached hydrogens (tertiary/aromatic N) is 1. The highest BCUT2D eigenvalue weighted by Gasteiger charge is 2.34. The third-order valence-electron chi connectivity index (χ3n) is 4.41. The van der Waals surface area contributed by atoms with Crippen molar-refractivity contribution in [2.45, 2.75) is 79.6 Å². The summed E-state index contributed by atoms with van der Waals surface area (Å²) in [6.45, 7) is 17.1. The molecule has 0 unspecified atom stereocenters. The summed E-state index contributed by atoms with van der Waals surface area (Å²) in [6, 6.07) is 0. The van der Waals surface area contributed by atoms with Gasteiger partial charge in [0.05, 0.1) is 0 Å². The topological polar surface area (TPSA) is 15.3 Å². The maximum Gasteiger partial charge on any atom is -0.00134 e. The summed E-state index contributed by atoms with van der Waals surface area (Å²) in [5, 5.41) is 3.49. The maximum absolute atomic E-state index is 3.49. The lowest BCUT2D eigenvalue weighted by Gasteiger charge is -2.44. The molecule has 0 amide bonds. The molecule has 2 heterocycles. The Labute approximate surface area is 128 Å². The highest BCUT2D eigenvalue weighted by atomic mass is 15.1. The SMILES string of the molecule is CC.CCC.CCCCN1CCC2(CCNCC2)CC1. The molecule has 2 nitrogen and oxygen atoms in total. The molecule has 2 saturated heterocycles. The Kier molecular flexibility index (Phi) is 12.6. The van der Waals surface area contributed by atoms with E-state index in [9.17, 15) is 0 Å². The molecule has 1 N–H and O–H groups in total. The first-order valence-corrected chi connectivity index (χ1v) is 9.19. The van der Waals surface area contributed by atoms with E-state index in [1.807, 2.05) is 13.8 Å². The third-order valence-corrected chi connectivity index (χ3v) is 4.41. The highest BCUT2D eigenvalue weighted by Crippen LogP contribution is 2.39. The molecule has 0 atom stereocenters. The molecule has 0 aromatic rings. The lowest BCUT2D eigenvalue weighted by atomic mass is 9.71. The van der Waals surface area contributed by atoms with Crippen molar-refractivity contribution in [3.8, 4) is 0 Å². The van der Waals surface area contributed by atoms with Crippen LogP contribution in [0.4, 0.5) is 0 Å². The van der Waals surface area contributed by atoms with Crippen LogP contribution in [0, 0.1) is 5.41 Å². The van der Waals surface area contributed by atoms with Gasteiger partial charge in [-0.3, -0.25) is 0 Å². The van der Waals surface area contributed by atoms with Gasteiger partial charge in [-0.05, 0) is 70.2 Å². The minimum Gasteiger partial charge on any atom is -0.317 e. The number of rotatable bonds is 3. The van der Waals surface area contributed by atoms with E-state index in [0.29, 0.717) is 0 Å². The Balaban J connectivity index is 0.000000641. The number of hydrogen-bond acceptors (Lipinski definition) is 2. The first kappa shape index (κ1) is 19.9. The van der Waals surface area contributed by atoms with Crippen molar-refractivity contribution in [1.82, 2.24) is 10.2 Å². The van der Waals surface area contributed by atoms with E-state index < -0.39 is 0 Å². The maximum atomic E-state index is 3.49. The zero-order chi connectivity index (χ0) is 15.3. The molecular formula is C18H40N2. The predicted molar refractivity (Wildman–Crippen MR) is 92.4 cm³/mol. The van der Waals surface area contributed by atoms with Gasteiger partial charge < -0.3 is 10.2 Å². The molecular weight excluding hydrogens is 244 g/mol. The Morgan fingerprint density at radius 1 is 0.900 bits per heavy atom. The average Bonchev–Trinajstić information content (AvgIpc) is 2.51. The molecule has 2 fully saturated rings. The van der Waals surface area contributed by atoms with Crippen LogP contribution in [0.5, 0.6) is 0 Å². The Hall–Kier alpha value is -0.0800. The van der Waals surface area contributed by atoms with Crippen molar-refractivity contribution in [1.29, 1.82) is 0 Å². The van der Waals surface area contributed by atoms with Crippen LogP contribution in [0.15, 0.2) is 0 Å². The van der Waals surface area contributed by atoms with Gasteiger partial charge in [0.1, 0.15) is 0 Å². The fourth-order valence-corrected chi connectivity index (χ4v) is 3.09. The predicted octanol–water partition coefficient (Wildman–Crippen LogP) is 4.69. The Bertz CT molecular complexity index is 188. The minimum absolute atomic E-state index is 0.730. The first-order valence-electron chi connectivity index (χ1n) is 9.19. The summed E-state index contributed by atoms with van der Waals surface area (Å²) < 4.78 is 0. The summed E-state index contributed by atoms with van der Waals surface area (Å²) in [5.74, 6) is 0. The third kappa shape index (κ3) is 7.64. The van der Waals surface area contributed by atoms with E-state index in [-0.39, 0.29) is 0 Å².